The summed E-state index contributed by atoms with van der Waals surface area (Å²) in [4.78, 5) is 27.8. The van der Waals surface area contributed by atoms with Crippen molar-refractivity contribution in [3.8, 4) is 0 Å². The molecule has 0 bridgehead atoms. The minimum atomic E-state index is -0.369. The first-order chi connectivity index (χ1) is 13.5. The lowest BCUT2D eigenvalue weighted by molar-refractivity contribution is -0.142. The molecule has 6 nitrogen and oxygen atoms in total. The number of nitrogens with one attached hydrogen (secondary N) is 1. The summed E-state index contributed by atoms with van der Waals surface area (Å²) in [5.41, 5.74) is 4.57. The number of carbonyl (C=O) groups excluding carboxylic acids is 2. The van der Waals surface area contributed by atoms with Crippen LogP contribution in [0.25, 0.3) is 10.9 Å². The van der Waals surface area contributed by atoms with Crippen LogP contribution >= 0.6 is 0 Å². The Morgan fingerprint density at radius 1 is 1.18 bits per heavy atom. The number of aryl methyl sites for hydroxylation is 2. The number of methoxy groups -OCH3 is 1. The number of nitrogens with zero attached hydrogens (tertiary/aromatic N) is 1. The van der Waals surface area contributed by atoms with E-state index < -0.39 is 0 Å². The molecule has 0 aliphatic carbocycles. The highest BCUT2D eigenvalue weighted by atomic mass is 16.5. The summed E-state index contributed by atoms with van der Waals surface area (Å²) in [5.74, 6) is -0.552. The summed E-state index contributed by atoms with van der Waals surface area (Å²) in [6.45, 7) is 4.88. The van der Waals surface area contributed by atoms with Crippen LogP contribution in [0.2, 0.25) is 0 Å². The fraction of sp³-hybridized carbons (Fsp3) is 0.364. The van der Waals surface area contributed by atoms with Gasteiger partial charge in [-0.2, -0.15) is 0 Å². The zero-order chi connectivity index (χ0) is 20.1. The molecule has 148 valence electrons. The molecule has 0 atom stereocenters. The van der Waals surface area contributed by atoms with Gasteiger partial charge in [-0.3, -0.25) is 9.59 Å². The van der Waals surface area contributed by atoms with Crippen LogP contribution in [-0.4, -0.2) is 41.6 Å². The number of aromatic amines is 1. The van der Waals surface area contributed by atoms with Crippen LogP contribution in [0, 0.1) is 13.8 Å². The number of esters is 1. The summed E-state index contributed by atoms with van der Waals surface area (Å²) in [7, 11) is 1.65. The molecule has 28 heavy (non-hydrogen) atoms. The van der Waals surface area contributed by atoms with Crippen LogP contribution in [-0.2, 0) is 27.2 Å². The molecule has 0 radical (unpaired) electrons. The first-order valence-corrected chi connectivity index (χ1v) is 9.40. The van der Waals surface area contributed by atoms with E-state index in [2.05, 4.69) is 4.98 Å². The number of benzene rings is 1. The predicted octanol–water partition coefficient (Wildman–Crippen LogP) is 3.59. The van der Waals surface area contributed by atoms with Gasteiger partial charge in [0.2, 0.25) is 5.78 Å². The molecule has 0 spiro atoms. The molecule has 0 amide bonds. The van der Waals surface area contributed by atoms with E-state index in [4.69, 9.17) is 9.47 Å². The van der Waals surface area contributed by atoms with Gasteiger partial charge in [-0.1, -0.05) is 18.2 Å². The Hall–Kier alpha value is -2.86. The molecule has 0 unspecified atom stereocenters. The van der Waals surface area contributed by atoms with Crippen molar-refractivity contribution in [3.05, 3.63) is 59.0 Å². The molecule has 2 heterocycles. The van der Waals surface area contributed by atoms with Crippen LogP contribution in [0.15, 0.2) is 36.5 Å². The number of aromatic nitrogens is 2. The third-order valence-electron chi connectivity index (χ3n) is 5.03. The minimum absolute atomic E-state index is 0.183. The molecule has 2 aromatic heterocycles. The van der Waals surface area contributed by atoms with E-state index in [0.717, 1.165) is 27.9 Å². The van der Waals surface area contributed by atoms with Crippen LogP contribution in [0.5, 0.6) is 0 Å². The SMILES string of the molecule is COCCn1c(C)cc(C(=O)COC(=O)CCc2c[nH]c3ccccc23)c1C. The lowest BCUT2D eigenvalue weighted by Gasteiger charge is -2.09. The first-order valence-electron chi connectivity index (χ1n) is 9.40. The molecule has 3 rings (SSSR count). The Bertz CT molecular complexity index is 984. The van der Waals surface area contributed by atoms with Crippen LogP contribution in [0.1, 0.15) is 33.7 Å². The lowest BCUT2D eigenvalue weighted by atomic mass is 10.1. The monoisotopic (exact) mass is 382 g/mol. The molecule has 1 N–H and O–H groups in total. The maximum Gasteiger partial charge on any atom is 0.306 e. The Labute approximate surface area is 164 Å². The molecule has 3 aromatic rings. The van der Waals surface area contributed by atoms with Gasteiger partial charge in [-0.15, -0.1) is 0 Å². The van der Waals surface area contributed by atoms with Gasteiger partial charge in [0.15, 0.2) is 6.61 Å². The average molecular weight is 382 g/mol. The Morgan fingerprint density at radius 3 is 2.75 bits per heavy atom. The highest BCUT2D eigenvalue weighted by Gasteiger charge is 2.17. The second kappa shape index (κ2) is 8.89. The Morgan fingerprint density at radius 2 is 1.96 bits per heavy atom. The summed E-state index contributed by atoms with van der Waals surface area (Å²) in [6.07, 6.45) is 2.72. The molecule has 0 aliphatic rings. The number of hydrogen-bond acceptors (Lipinski definition) is 4. The second-order valence-corrected chi connectivity index (χ2v) is 6.87. The predicted molar refractivity (Wildman–Crippen MR) is 108 cm³/mol. The maximum absolute atomic E-state index is 12.5. The van der Waals surface area contributed by atoms with Gasteiger partial charge in [-0.25, -0.2) is 0 Å². The Balaban J connectivity index is 1.54. The van der Waals surface area contributed by atoms with E-state index >= 15 is 0 Å². The van der Waals surface area contributed by atoms with E-state index in [1.54, 1.807) is 7.11 Å². The van der Waals surface area contributed by atoms with E-state index in [1.165, 1.54) is 0 Å². The number of para-hydroxylation sites is 1. The van der Waals surface area contributed by atoms with E-state index in [0.29, 0.717) is 25.1 Å². The number of H-pyrrole nitrogens is 1. The number of fused-ring (bicyclic) bond motifs is 1. The van der Waals surface area contributed by atoms with E-state index in [-0.39, 0.29) is 24.8 Å². The third kappa shape index (κ3) is 4.34. The molecular weight excluding hydrogens is 356 g/mol. The zero-order valence-electron chi connectivity index (χ0n) is 16.6. The summed E-state index contributed by atoms with van der Waals surface area (Å²) in [5, 5.41) is 1.11. The van der Waals surface area contributed by atoms with Gasteiger partial charge in [0.05, 0.1) is 6.61 Å². The molecular formula is C22H26N2O4. The number of carbonyl (C=O) groups is 2. The minimum Gasteiger partial charge on any atom is -0.457 e. The van der Waals surface area contributed by atoms with Crippen molar-refractivity contribution in [2.75, 3.05) is 20.3 Å². The average Bonchev–Trinajstić information content (AvgIpc) is 3.23. The maximum atomic E-state index is 12.5. The lowest BCUT2D eigenvalue weighted by Crippen LogP contribution is -2.15. The van der Waals surface area contributed by atoms with Crippen LogP contribution < -0.4 is 0 Å². The summed E-state index contributed by atoms with van der Waals surface area (Å²) >= 11 is 0. The van der Waals surface area contributed by atoms with Crippen LogP contribution in [0.3, 0.4) is 0 Å². The molecule has 0 aliphatic heterocycles. The van der Waals surface area contributed by atoms with Gasteiger partial charge in [0.1, 0.15) is 0 Å². The molecule has 0 saturated heterocycles. The molecule has 6 heteroatoms. The van der Waals surface area contributed by atoms with Crippen LogP contribution in [0.4, 0.5) is 0 Å². The third-order valence-corrected chi connectivity index (χ3v) is 5.03. The smallest absolute Gasteiger partial charge is 0.306 e. The van der Waals surface area contributed by atoms with Gasteiger partial charge in [0, 0.05) is 54.1 Å². The van der Waals surface area contributed by atoms with Crippen molar-refractivity contribution in [1.29, 1.82) is 0 Å². The highest BCUT2D eigenvalue weighted by Crippen LogP contribution is 2.19. The first kappa shape index (κ1) is 19.9. The van der Waals surface area contributed by atoms with E-state index in [9.17, 15) is 9.59 Å². The number of hydrogen-bond donors (Lipinski definition) is 1. The van der Waals surface area contributed by atoms with Gasteiger partial charge in [-0.05, 0) is 38.0 Å². The number of rotatable bonds is 9. The van der Waals surface area contributed by atoms with Crippen molar-refractivity contribution in [2.24, 2.45) is 0 Å². The normalized spacial score (nSPS) is 11.1. The molecule has 0 saturated carbocycles. The topological polar surface area (TPSA) is 73.3 Å². The fourth-order valence-electron chi connectivity index (χ4n) is 3.48. The number of Topliss-reactive ketones (excluding diaryl/α,β-unsaturated/α-hetero) is 1. The number of ether oxygens (including phenoxy) is 2. The standard InChI is InChI=1S/C22H26N2O4/c1-15-12-19(16(2)24(15)10-11-27-3)21(25)14-28-22(26)9-8-17-13-23-20-7-5-4-6-18(17)20/h4-7,12-13,23H,8-11,14H2,1-3H3. The summed E-state index contributed by atoms with van der Waals surface area (Å²) < 4.78 is 12.4. The number of ketones is 1. The van der Waals surface area contributed by atoms with Gasteiger partial charge >= 0.3 is 5.97 Å². The van der Waals surface area contributed by atoms with Crippen molar-refractivity contribution in [2.45, 2.75) is 33.2 Å². The van der Waals surface area contributed by atoms with Gasteiger partial charge < -0.3 is 19.0 Å². The fourth-order valence-corrected chi connectivity index (χ4v) is 3.48. The quantitative estimate of drug-likeness (QED) is 0.453. The second-order valence-electron chi connectivity index (χ2n) is 6.87. The largest absolute Gasteiger partial charge is 0.457 e. The van der Waals surface area contributed by atoms with Gasteiger partial charge in [0.25, 0.3) is 0 Å². The summed E-state index contributed by atoms with van der Waals surface area (Å²) in [6, 6.07) is 9.80. The van der Waals surface area contributed by atoms with Crippen molar-refractivity contribution >= 4 is 22.7 Å². The van der Waals surface area contributed by atoms with E-state index in [1.807, 2.05) is 54.9 Å². The van der Waals surface area contributed by atoms with Crippen molar-refractivity contribution < 1.29 is 19.1 Å². The molecule has 1 aromatic carbocycles. The van der Waals surface area contributed by atoms with Crippen molar-refractivity contribution in [3.63, 3.8) is 0 Å². The molecule has 0 fully saturated rings. The highest BCUT2D eigenvalue weighted by molar-refractivity contribution is 5.99. The van der Waals surface area contributed by atoms with Crippen molar-refractivity contribution in [1.82, 2.24) is 9.55 Å². The zero-order valence-corrected chi connectivity index (χ0v) is 16.6. The Kier molecular flexibility index (Phi) is 6.31.